The SMILES string of the molecule is CCc1ccccc1NC1CCOC2(CCC2)C1. The monoisotopic (exact) mass is 245 g/mol. The van der Waals surface area contributed by atoms with Gasteiger partial charge in [-0.3, -0.25) is 0 Å². The maximum Gasteiger partial charge on any atom is 0.0702 e. The largest absolute Gasteiger partial charge is 0.382 e. The van der Waals surface area contributed by atoms with E-state index in [4.69, 9.17) is 4.74 Å². The van der Waals surface area contributed by atoms with Crippen LogP contribution in [-0.2, 0) is 11.2 Å². The highest BCUT2D eigenvalue weighted by Gasteiger charge is 2.42. The molecule has 2 nitrogen and oxygen atoms in total. The van der Waals surface area contributed by atoms with E-state index in [1.54, 1.807) is 0 Å². The van der Waals surface area contributed by atoms with E-state index in [0.717, 1.165) is 19.4 Å². The van der Waals surface area contributed by atoms with Crippen LogP contribution in [0.15, 0.2) is 24.3 Å². The molecule has 1 aromatic carbocycles. The van der Waals surface area contributed by atoms with Gasteiger partial charge >= 0.3 is 0 Å². The summed E-state index contributed by atoms with van der Waals surface area (Å²) in [5.41, 5.74) is 2.98. The van der Waals surface area contributed by atoms with Crippen LogP contribution in [0, 0.1) is 0 Å². The minimum atomic E-state index is 0.233. The number of rotatable bonds is 3. The highest BCUT2D eigenvalue weighted by atomic mass is 16.5. The van der Waals surface area contributed by atoms with E-state index in [2.05, 4.69) is 36.5 Å². The average molecular weight is 245 g/mol. The second-order valence-corrected chi connectivity index (χ2v) is 5.73. The van der Waals surface area contributed by atoms with E-state index in [1.165, 1.54) is 36.9 Å². The van der Waals surface area contributed by atoms with Crippen LogP contribution in [0.4, 0.5) is 5.69 Å². The lowest BCUT2D eigenvalue weighted by Gasteiger charge is -2.47. The summed E-state index contributed by atoms with van der Waals surface area (Å²) in [5.74, 6) is 0. The first-order valence-electron chi connectivity index (χ1n) is 7.30. The normalized spacial score (nSPS) is 25.7. The van der Waals surface area contributed by atoms with Crippen molar-refractivity contribution < 1.29 is 4.74 Å². The average Bonchev–Trinajstić information content (AvgIpc) is 2.38. The molecule has 98 valence electrons. The third kappa shape index (κ3) is 2.26. The number of aryl methyl sites for hydroxylation is 1. The Balaban J connectivity index is 1.68. The van der Waals surface area contributed by atoms with Gasteiger partial charge in [0.05, 0.1) is 5.60 Å². The summed E-state index contributed by atoms with van der Waals surface area (Å²) in [4.78, 5) is 0. The van der Waals surface area contributed by atoms with E-state index in [-0.39, 0.29) is 5.60 Å². The van der Waals surface area contributed by atoms with E-state index in [9.17, 15) is 0 Å². The summed E-state index contributed by atoms with van der Waals surface area (Å²) in [5, 5.41) is 3.74. The zero-order chi connectivity index (χ0) is 12.4. The molecule has 1 saturated heterocycles. The summed E-state index contributed by atoms with van der Waals surface area (Å²) < 4.78 is 5.99. The molecule has 1 aliphatic carbocycles. The van der Waals surface area contributed by atoms with E-state index >= 15 is 0 Å². The first-order valence-corrected chi connectivity index (χ1v) is 7.30. The number of ether oxygens (including phenoxy) is 1. The third-order valence-corrected chi connectivity index (χ3v) is 4.52. The highest BCUT2D eigenvalue weighted by Crippen LogP contribution is 2.42. The highest BCUT2D eigenvalue weighted by molar-refractivity contribution is 5.51. The molecule has 2 aliphatic rings. The Morgan fingerprint density at radius 1 is 1.33 bits per heavy atom. The van der Waals surface area contributed by atoms with Gasteiger partial charge in [-0.2, -0.15) is 0 Å². The molecule has 1 heterocycles. The molecule has 1 saturated carbocycles. The smallest absolute Gasteiger partial charge is 0.0702 e. The van der Waals surface area contributed by atoms with Crippen molar-refractivity contribution in [2.75, 3.05) is 11.9 Å². The predicted molar refractivity (Wildman–Crippen MR) is 75.0 cm³/mol. The van der Waals surface area contributed by atoms with Crippen LogP contribution in [0.2, 0.25) is 0 Å². The third-order valence-electron chi connectivity index (χ3n) is 4.52. The number of nitrogens with one attached hydrogen (secondary N) is 1. The molecule has 0 bridgehead atoms. The number of benzene rings is 1. The van der Waals surface area contributed by atoms with E-state index in [1.807, 2.05) is 0 Å². The summed E-state index contributed by atoms with van der Waals surface area (Å²) in [7, 11) is 0. The molecule has 0 aromatic heterocycles. The van der Waals surface area contributed by atoms with Crippen molar-refractivity contribution in [3.05, 3.63) is 29.8 Å². The Hall–Kier alpha value is -1.02. The minimum Gasteiger partial charge on any atom is -0.382 e. The first-order chi connectivity index (χ1) is 8.81. The van der Waals surface area contributed by atoms with Gasteiger partial charge in [0.1, 0.15) is 0 Å². The lowest BCUT2D eigenvalue weighted by Crippen LogP contribution is -2.49. The van der Waals surface area contributed by atoms with Gasteiger partial charge in [0.2, 0.25) is 0 Å². The van der Waals surface area contributed by atoms with Gasteiger partial charge in [-0.05, 0) is 50.2 Å². The van der Waals surface area contributed by atoms with Crippen LogP contribution in [0.3, 0.4) is 0 Å². The van der Waals surface area contributed by atoms with Crippen LogP contribution in [0.1, 0.15) is 44.6 Å². The Labute approximate surface area is 110 Å². The maximum atomic E-state index is 5.99. The number of hydrogen-bond acceptors (Lipinski definition) is 2. The minimum absolute atomic E-state index is 0.233. The van der Waals surface area contributed by atoms with Gasteiger partial charge in [-0.25, -0.2) is 0 Å². The Morgan fingerprint density at radius 2 is 2.17 bits per heavy atom. The van der Waals surface area contributed by atoms with Crippen molar-refractivity contribution in [3.63, 3.8) is 0 Å². The lowest BCUT2D eigenvalue weighted by atomic mass is 9.74. The van der Waals surface area contributed by atoms with E-state index < -0.39 is 0 Å². The van der Waals surface area contributed by atoms with Gasteiger partial charge in [0.25, 0.3) is 0 Å². The molecule has 0 amide bonds. The standard InChI is InChI=1S/C16H23NO/c1-2-13-6-3-4-7-15(13)17-14-8-11-18-16(12-14)9-5-10-16/h3-4,6-7,14,17H,2,5,8-12H2,1H3. The summed E-state index contributed by atoms with van der Waals surface area (Å²) in [6.07, 6.45) is 7.29. The van der Waals surface area contributed by atoms with Crippen molar-refractivity contribution in [2.45, 2.75) is 57.1 Å². The second kappa shape index (κ2) is 4.93. The summed E-state index contributed by atoms with van der Waals surface area (Å²) in [6.45, 7) is 3.14. The molecule has 1 aromatic rings. The number of hydrogen-bond donors (Lipinski definition) is 1. The fourth-order valence-corrected chi connectivity index (χ4v) is 3.26. The van der Waals surface area contributed by atoms with E-state index in [0.29, 0.717) is 6.04 Å². The molecule has 1 atom stereocenters. The molecule has 1 spiro atoms. The molecule has 18 heavy (non-hydrogen) atoms. The quantitative estimate of drug-likeness (QED) is 0.875. The number of anilines is 1. The van der Waals surface area contributed by atoms with Crippen LogP contribution in [-0.4, -0.2) is 18.2 Å². The van der Waals surface area contributed by atoms with Crippen molar-refractivity contribution in [1.29, 1.82) is 0 Å². The van der Waals surface area contributed by atoms with Crippen LogP contribution < -0.4 is 5.32 Å². The zero-order valence-electron chi connectivity index (χ0n) is 11.2. The van der Waals surface area contributed by atoms with Gasteiger partial charge in [0, 0.05) is 18.3 Å². The van der Waals surface area contributed by atoms with Gasteiger partial charge in [0.15, 0.2) is 0 Å². The topological polar surface area (TPSA) is 21.3 Å². The fourth-order valence-electron chi connectivity index (χ4n) is 3.26. The zero-order valence-corrected chi connectivity index (χ0v) is 11.2. The Morgan fingerprint density at radius 3 is 2.89 bits per heavy atom. The molecule has 1 aliphatic heterocycles. The second-order valence-electron chi connectivity index (χ2n) is 5.73. The van der Waals surface area contributed by atoms with Crippen molar-refractivity contribution in [2.24, 2.45) is 0 Å². The van der Waals surface area contributed by atoms with Gasteiger partial charge in [-0.15, -0.1) is 0 Å². The molecule has 3 rings (SSSR count). The molecular weight excluding hydrogens is 222 g/mol. The summed E-state index contributed by atoms with van der Waals surface area (Å²) >= 11 is 0. The summed E-state index contributed by atoms with van der Waals surface area (Å²) in [6, 6.07) is 9.27. The predicted octanol–water partition coefficient (Wildman–Crippen LogP) is 3.76. The van der Waals surface area contributed by atoms with Gasteiger partial charge < -0.3 is 10.1 Å². The van der Waals surface area contributed by atoms with Crippen molar-refractivity contribution in [1.82, 2.24) is 0 Å². The van der Waals surface area contributed by atoms with Gasteiger partial charge in [-0.1, -0.05) is 25.1 Å². The fraction of sp³-hybridized carbons (Fsp3) is 0.625. The van der Waals surface area contributed by atoms with Crippen molar-refractivity contribution in [3.8, 4) is 0 Å². The molecule has 2 heteroatoms. The first kappa shape index (κ1) is 12.0. The molecule has 0 radical (unpaired) electrons. The maximum absolute atomic E-state index is 5.99. The Bertz CT molecular complexity index is 411. The molecule has 1 unspecified atom stereocenters. The molecular formula is C16H23NO. The Kier molecular flexibility index (Phi) is 3.29. The molecule has 2 fully saturated rings. The van der Waals surface area contributed by atoms with Crippen molar-refractivity contribution >= 4 is 5.69 Å². The number of para-hydroxylation sites is 1. The molecule has 1 N–H and O–H groups in total. The van der Waals surface area contributed by atoms with Crippen LogP contribution >= 0.6 is 0 Å². The van der Waals surface area contributed by atoms with Crippen LogP contribution in [0.25, 0.3) is 0 Å². The van der Waals surface area contributed by atoms with Crippen LogP contribution in [0.5, 0.6) is 0 Å². The lowest BCUT2D eigenvalue weighted by molar-refractivity contribution is -0.130.